The Morgan fingerprint density at radius 3 is 2.43 bits per heavy atom. The van der Waals surface area contributed by atoms with Gasteiger partial charge < -0.3 is 15.0 Å². The summed E-state index contributed by atoms with van der Waals surface area (Å²) in [4.78, 5) is 20.6. The molecule has 11 nitrogen and oxygen atoms in total. The third-order valence-corrected chi connectivity index (χ3v) is 3.31. The largest absolute Gasteiger partial charge is 0.744 e. The monoisotopic (exact) mass is 343 g/mol. The van der Waals surface area contributed by atoms with Gasteiger partial charge in [0.05, 0.1) is 9.82 Å². The summed E-state index contributed by atoms with van der Waals surface area (Å²) in [5.41, 5.74) is -1.68. The van der Waals surface area contributed by atoms with Crippen molar-refractivity contribution in [2.45, 2.75) is 11.8 Å². The molecule has 0 saturated heterocycles. The molecule has 1 aromatic carbocycles. The Hall–Kier alpha value is -2.86. The number of allylic oxidation sites excluding steroid dienone is 1. The maximum atomic E-state index is 11.4. The van der Waals surface area contributed by atoms with Gasteiger partial charge in [-0.3, -0.25) is 14.9 Å². The number of nitro groups is 1. The van der Waals surface area contributed by atoms with Gasteiger partial charge >= 0.3 is 0 Å². The maximum Gasteiger partial charge on any atom is 0.297 e. The summed E-state index contributed by atoms with van der Waals surface area (Å²) in [7, 11) is -3.60. The Kier molecular flexibility index (Phi) is 5.48. The third-order valence-electron chi connectivity index (χ3n) is 2.47. The van der Waals surface area contributed by atoms with Gasteiger partial charge in [0.1, 0.15) is 15.9 Å². The number of amides is 1. The first-order valence-electron chi connectivity index (χ1n) is 5.86. The fourth-order valence-electron chi connectivity index (χ4n) is 1.39. The number of nitrogens with zero attached hydrogens (tertiary/aromatic N) is 3. The number of nitro benzene ring substituents is 1. The van der Waals surface area contributed by atoms with Crippen LogP contribution in [-0.4, -0.2) is 36.0 Å². The fourth-order valence-corrected chi connectivity index (χ4v) is 1.88. The van der Waals surface area contributed by atoms with Crippen molar-refractivity contribution < 1.29 is 27.8 Å². The van der Waals surface area contributed by atoms with E-state index in [2.05, 4.69) is 15.5 Å². The van der Waals surface area contributed by atoms with Gasteiger partial charge in [-0.1, -0.05) is 0 Å². The maximum absolute atomic E-state index is 11.4. The van der Waals surface area contributed by atoms with Crippen LogP contribution in [0.1, 0.15) is 6.92 Å². The number of carbonyl (C=O) groups is 1. The summed E-state index contributed by atoms with van der Waals surface area (Å²) in [6, 6.07) is 2.24. The Bertz CT molecular complexity index is 810. The van der Waals surface area contributed by atoms with Crippen LogP contribution in [0.3, 0.4) is 0 Å². The molecule has 0 unspecified atom stereocenters. The SMILES string of the molecule is CNC(=O)C(N=Nc1ccc(S(=O)(=O)[O-])cc1[N+](=O)[O-])=C(C)O. The van der Waals surface area contributed by atoms with Crippen molar-refractivity contribution >= 4 is 27.4 Å². The Morgan fingerprint density at radius 2 is 2.00 bits per heavy atom. The second kappa shape index (κ2) is 6.93. The fraction of sp³-hybridized carbons (Fsp3) is 0.182. The van der Waals surface area contributed by atoms with Crippen molar-refractivity contribution in [3.8, 4) is 0 Å². The van der Waals surface area contributed by atoms with Crippen LogP contribution in [0.25, 0.3) is 0 Å². The molecule has 0 aliphatic rings. The first-order valence-corrected chi connectivity index (χ1v) is 7.26. The van der Waals surface area contributed by atoms with Crippen LogP contribution in [0.4, 0.5) is 11.4 Å². The lowest BCUT2D eigenvalue weighted by atomic mass is 10.3. The van der Waals surface area contributed by atoms with Crippen LogP contribution in [0.15, 0.2) is 44.8 Å². The molecule has 0 radical (unpaired) electrons. The lowest BCUT2D eigenvalue weighted by Crippen LogP contribution is -2.20. The Balaban J connectivity index is 3.39. The van der Waals surface area contributed by atoms with Gasteiger partial charge in [0.25, 0.3) is 11.6 Å². The van der Waals surface area contributed by atoms with Crippen LogP contribution >= 0.6 is 0 Å². The minimum atomic E-state index is -4.88. The first-order chi connectivity index (χ1) is 10.6. The standard InChI is InChI=1S/C11H12N4O7S/c1-6(16)10(11(17)12-2)14-13-8-4-3-7(23(20,21)22)5-9(8)15(18)19/h3-5,16H,1-2H3,(H,12,17)(H,20,21,22)/p-1. The third kappa shape index (κ3) is 4.55. The number of aliphatic hydroxyl groups excluding tert-OH is 1. The van der Waals surface area contributed by atoms with Crippen molar-refractivity contribution in [2.24, 2.45) is 10.2 Å². The van der Waals surface area contributed by atoms with E-state index >= 15 is 0 Å². The molecule has 0 heterocycles. The lowest BCUT2D eigenvalue weighted by Gasteiger charge is -2.07. The van der Waals surface area contributed by atoms with E-state index in [0.29, 0.717) is 6.07 Å². The number of carbonyl (C=O) groups excluding carboxylic acids is 1. The molecule has 0 aliphatic heterocycles. The van der Waals surface area contributed by atoms with Gasteiger partial charge in [-0.25, -0.2) is 8.42 Å². The molecule has 0 aromatic heterocycles. The molecule has 2 N–H and O–H groups in total. The van der Waals surface area contributed by atoms with Crippen LogP contribution in [0.2, 0.25) is 0 Å². The van der Waals surface area contributed by atoms with Crippen LogP contribution in [-0.2, 0) is 14.9 Å². The van der Waals surface area contributed by atoms with Crippen LogP contribution < -0.4 is 5.32 Å². The molecular weight excluding hydrogens is 332 g/mol. The van der Waals surface area contributed by atoms with Gasteiger partial charge in [0, 0.05) is 13.1 Å². The van der Waals surface area contributed by atoms with Crippen LogP contribution in [0, 0.1) is 10.1 Å². The summed E-state index contributed by atoms with van der Waals surface area (Å²) in [5.74, 6) is -1.26. The predicted molar refractivity (Wildman–Crippen MR) is 75.0 cm³/mol. The Labute approximate surface area is 130 Å². The van der Waals surface area contributed by atoms with Gasteiger partial charge in [-0.15, -0.1) is 10.2 Å². The summed E-state index contributed by atoms with van der Waals surface area (Å²) in [5, 5.41) is 29.3. The zero-order chi connectivity index (χ0) is 17.8. The molecule has 1 aromatic rings. The average Bonchev–Trinajstić information content (AvgIpc) is 2.45. The van der Waals surface area contributed by atoms with Crippen molar-refractivity contribution in [1.29, 1.82) is 0 Å². The Morgan fingerprint density at radius 1 is 1.39 bits per heavy atom. The molecule has 0 aliphatic carbocycles. The van der Waals surface area contributed by atoms with E-state index in [-0.39, 0.29) is 0 Å². The normalized spacial score (nSPS) is 12.8. The number of aliphatic hydroxyl groups is 1. The van der Waals surface area contributed by atoms with Crippen LogP contribution in [0.5, 0.6) is 0 Å². The van der Waals surface area contributed by atoms with Gasteiger partial charge in [-0.2, -0.15) is 0 Å². The van der Waals surface area contributed by atoms with Gasteiger partial charge in [0.2, 0.25) is 0 Å². The highest BCUT2D eigenvalue weighted by Crippen LogP contribution is 2.30. The topological polar surface area (TPSA) is 174 Å². The molecule has 1 amide bonds. The molecule has 0 bridgehead atoms. The lowest BCUT2D eigenvalue weighted by molar-refractivity contribution is -0.384. The number of azo groups is 1. The van der Waals surface area contributed by atoms with E-state index < -0.39 is 48.7 Å². The zero-order valence-electron chi connectivity index (χ0n) is 11.9. The number of nitrogens with one attached hydrogen (secondary N) is 1. The molecule has 0 atom stereocenters. The van der Waals surface area contributed by atoms with Crippen molar-refractivity contribution in [3.63, 3.8) is 0 Å². The summed E-state index contributed by atoms with van der Waals surface area (Å²) < 4.78 is 32.6. The smallest absolute Gasteiger partial charge is 0.297 e. The average molecular weight is 343 g/mol. The van der Waals surface area contributed by atoms with E-state index in [1.807, 2.05) is 0 Å². The molecule has 12 heteroatoms. The molecule has 1 rings (SSSR count). The summed E-state index contributed by atoms with van der Waals surface area (Å²) in [6.07, 6.45) is 0. The summed E-state index contributed by atoms with van der Waals surface area (Å²) >= 11 is 0. The molecule has 23 heavy (non-hydrogen) atoms. The molecule has 0 spiro atoms. The van der Waals surface area contributed by atoms with E-state index in [1.54, 1.807) is 0 Å². The highest BCUT2D eigenvalue weighted by atomic mass is 32.2. The second-order valence-corrected chi connectivity index (χ2v) is 5.45. The van der Waals surface area contributed by atoms with Gasteiger partial charge in [0.15, 0.2) is 11.4 Å². The van der Waals surface area contributed by atoms with Gasteiger partial charge in [-0.05, 0) is 19.1 Å². The minimum Gasteiger partial charge on any atom is -0.744 e. The number of likely N-dealkylation sites (N-methyl/N-ethyl adjacent to an activating group) is 1. The number of rotatable bonds is 5. The van der Waals surface area contributed by atoms with E-state index in [9.17, 15) is 33.0 Å². The molecule has 0 fully saturated rings. The first kappa shape index (κ1) is 18.2. The molecule has 124 valence electrons. The highest BCUT2D eigenvalue weighted by molar-refractivity contribution is 7.85. The predicted octanol–water partition coefficient (Wildman–Crippen LogP) is 1.12. The van der Waals surface area contributed by atoms with Crippen molar-refractivity contribution in [1.82, 2.24) is 5.32 Å². The van der Waals surface area contributed by atoms with E-state index in [1.165, 1.54) is 7.05 Å². The second-order valence-electron chi connectivity index (χ2n) is 4.07. The number of benzene rings is 1. The van der Waals surface area contributed by atoms with Crippen molar-refractivity contribution in [2.75, 3.05) is 7.05 Å². The summed E-state index contributed by atoms with van der Waals surface area (Å²) in [6.45, 7) is 1.16. The van der Waals surface area contributed by atoms with E-state index in [0.717, 1.165) is 19.1 Å². The zero-order valence-corrected chi connectivity index (χ0v) is 12.7. The number of hydrogen-bond donors (Lipinski definition) is 2. The molecule has 0 saturated carbocycles. The number of hydrogen-bond acceptors (Lipinski definition) is 9. The van der Waals surface area contributed by atoms with Crippen molar-refractivity contribution in [3.05, 3.63) is 39.8 Å². The van der Waals surface area contributed by atoms with E-state index in [4.69, 9.17) is 0 Å². The quantitative estimate of drug-likeness (QED) is 0.201. The highest BCUT2D eigenvalue weighted by Gasteiger charge is 2.18. The molecular formula is C11H11N4O7S-. The minimum absolute atomic E-state index is 0.398.